The van der Waals surface area contributed by atoms with Gasteiger partial charge in [-0.2, -0.15) is 0 Å². The number of methoxy groups -OCH3 is 2. The number of hydrogen-bond donors (Lipinski definition) is 0. The second kappa shape index (κ2) is 7.17. The van der Waals surface area contributed by atoms with Crippen LogP contribution in [0.4, 0.5) is 0 Å². The Balaban J connectivity index is 1.80. The van der Waals surface area contributed by atoms with Crippen LogP contribution < -0.4 is 9.47 Å². The molecule has 2 aliphatic heterocycles. The molecule has 0 radical (unpaired) electrons. The fourth-order valence-electron chi connectivity index (χ4n) is 3.51. The van der Waals surface area contributed by atoms with Gasteiger partial charge in [0.1, 0.15) is 6.04 Å². The summed E-state index contributed by atoms with van der Waals surface area (Å²) in [4.78, 5) is 18.8. The van der Waals surface area contributed by atoms with E-state index in [1.54, 1.807) is 19.1 Å². The highest BCUT2D eigenvalue weighted by Gasteiger charge is 2.44. The molecular weight excluding hydrogens is 338 g/mol. The number of benzene rings is 1. The summed E-state index contributed by atoms with van der Waals surface area (Å²) in [6.45, 7) is 2.24. The summed E-state index contributed by atoms with van der Waals surface area (Å²) >= 11 is 5.59. The van der Waals surface area contributed by atoms with Gasteiger partial charge in [-0.05, 0) is 62.5 Å². The summed E-state index contributed by atoms with van der Waals surface area (Å²) < 4.78 is 10.8. The van der Waals surface area contributed by atoms with E-state index in [4.69, 9.17) is 21.7 Å². The van der Waals surface area contributed by atoms with Gasteiger partial charge in [0.2, 0.25) is 0 Å². The second-order valence-electron chi connectivity index (χ2n) is 6.75. The largest absolute Gasteiger partial charge is 0.493 e. The predicted molar refractivity (Wildman–Crippen MR) is 100 cm³/mol. The molecule has 1 aromatic carbocycles. The van der Waals surface area contributed by atoms with Crippen LogP contribution in [0, 0.1) is 0 Å². The van der Waals surface area contributed by atoms with Crippen molar-refractivity contribution in [3.63, 3.8) is 0 Å². The van der Waals surface area contributed by atoms with Crippen molar-refractivity contribution < 1.29 is 14.3 Å². The van der Waals surface area contributed by atoms with Crippen molar-refractivity contribution in [2.24, 2.45) is 0 Å². The molecule has 136 valence electrons. The average Bonchev–Trinajstić information content (AvgIpc) is 2.82. The van der Waals surface area contributed by atoms with Gasteiger partial charge in [-0.25, -0.2) is 0 Å². The van der Waals surface area contributed by atoms with Crippen LogP contribution in [0.25, 0.3) is 0 Å². The Morgan fingerprint density at radius 3 is 2.44 bits per heavy atom. The molecule has 1 atom stereocenters. The van der Waals surface area contributed by atoms with Gasteiger partial charge in [-0.1, -0.05) is 0 Å². The van der Waals surface area contributed by atoms with Crippen molar-refractivity contribution in [2.75, 3.05) is 41.4 Å². The van der Waals surface area contributed by atoms with E-state index in [0.717, 1.165) is 24.1 Å². The lowest BCUT2D eigenvalue weighted by molar-refractivity contribution is -0.128. The summed E-state index contributed by atoms with van der Waals surface area (Å²) in [5, 5.41) is 0.647. The molecule has 1 aromatic rings. The molecule has 0 bridgehead atoms. The number of ether oxygens (including phenoxy) is 2. The van der Waals surface area contributed by atoms with Crippen LogP contribution in [0.5, 0.6) is 11.5 Å². The minimum Gasteiger partial charge on any atom is -0.493 e. The molecule has 1 unspecified atom stereocenters. The Labute approximate surface area is 154 Å². The summed E-state index contributed by atoms with van der Waals surface area (Å²) in [6, 6.07) is 3.78. The molecule has 1 saturated heterocycles. The maximum atomic E-state index is 12.8. The van der Waals surface area contributed by atoms with E-state index in [1.807, 2.05) is 31.1 Å². The number of carbonyl (C=O) groups excluding carboxylic acids is 1. The Morgan fingerprint density at radius 1 is 1.20 bits per heavy atom. The molecule has 25 heavy (non-hydrogen) atoms. The van der Waals surface area contributed by atoms with Crippen molar-refractivity contribution >= 4 is 23.2 Å². The number of fused-ring (bicyclic) bond motifs is 2. The second-order valence-corrected chi connectivity index (χ2v) is 7.12. The highest BCUT2D eigenvalue weighted by atomic mass is 32.1. The summed E-state index contributed by atoms with van der Waals surface area (Å²) in [7, 11) is 7.32. The van der Waals surface area contributed by atoms with Crippen LogP contribution in [-0.4, -0.2) is 73.2 Å². The van der Waals surface area contributed by atoms with Gasteiger partial charge in [-0.15, -0.1) is 0 Å². The lowest BCUT2D eigenvalue weighted by Crippen LogP contribution is -2.40. The summed E-state index contributed by atoms with van der Waals surface area (Å²) in [5.74, 6) is 1.52. The number of hydrogen-bond acceptors (Lipinski definition) is 5. The number of thiocarbonyl (C=S) groups is 1. The van der Waals surface area contributed by atoms with E-state index in [9.17, 15) is 4.79 Å². The zero-order valence-electron chi connectivity index (χ0n) is 15.2. The zero-order chi connectivity index (χ0) is 18.1. The summed E-state index contributed by atoms with van der Waals surface area (Å²) in [5.41, 5.74) is 2.27. The molecule has 0 saturated carbocycles. The number of carbonyl (C=O) groups is 1. The van der Waals surface area contributed by atoms with Crippen molar-refractivity contribution in [3.8, 4) is 11.5 Å². The maximum absolute atomic E-state index is 12.8. The molecule has 6 nitrogen and oxygen atoms in total. The molecule has 1 amide bonds. The van der Waals surface area contributed by atoms with Crippen LogP contribution in [0.3, 0.4) is 0 Å². The normalized spacial score (nSPS) is 19.3. The SMILES string of the molecule is COc1cc2c(cc1OC)CN1C(=S)N(CCCN(C)C)C(=O)C1C2. The van der Waals surface area contributed by atoms with E-state index in [1.165, 1.54) is 0 Å². The molecule has 0 N–H and O–H groups in total. The van der Waals surface area contributed by atoms with Crippen LogP contribution >= 0.6 is 12.2 Å². The van der Waals surface area contributed by atoms with Gasteiger partial charge in [0, 0.05) is 19.5 Å². The topological polar surface area (TPSA) is 45.3 Å². The van der Waals surface area contributed by atoms with Crippen molar-refractivity contribution in [1.82, 2.24) is 14.7 Å². The molecule has 0 spiro atoms. The van der Waals surface area contributed by atoms with Crippen LogP contribution in [0.15, 0.2) is 12.1 Å². The Bertz CT molecular complexity index is 641. The fraction of sp³-hybridized carbons (Fsp3) is 0.556. The number of rotatable bonds is 6. The first-order valence-electron chi connectivity index (χ1n) is 8.46. The molecule has 1 fully saturated rings. The first-order valence-corrected chi connectivity index (χ1v) is 8.87. The Hall–Kier alpha value is -1.86. The molecular formula is C18H25N3O3S. The van der Waals surface area contributed by atoms with Gasteiger partial charge in [0.25, 0.3) is 5.91 Å². The fourth-order valence-corrected chi connectivity index (χ4v) is 3.89. The molecule has 0 aromatic heterocycles. The summed E-state index contributed by atoms with van der Waals surface area (Å²) in [6.07, 6.45) is 1.56. The molecule has 2 heterocycles. The standard InChI is InChI=1S/C18H25N3O3S/c1-19(2)6-5-7-20-17(22)14-8-12-9-15(23-3)16(24-4)10-13(12)11-21(14)18(20)25/h9-10,14H,5-8,11H2,1-4H3. The van der Waals surface area contributed by atoms with Crippen molar-refractivity contribution in [3.05, 3.63) is 23.3 Å². The maximum Gasteiger partial charge on any atom is 0.251 e. The first kappa shape index (κ1) is 17.9. The third-order valence-corrected chi connectivity index (χ3v) is 5.31. The van der Waals surface area contributed by atoms with Crippen molar-refractivity contribution in [1.29, 1.82) is 0 Å². The third-order valence-electron chi connectivity index (χ3n) is 4.85. The van der Waals surface area contributed by atoms with E-state index < -0.39 is 0 Å². The van der Waals surface area contributed by atoms with Crippen molar-refractivity contribution in [2.45, 2.75) is 25.4 Å². The monoisotopic (exact) mass is 363 g/mol. The highest BCUT2D eigenvalue weighted by molar-refractivity contribution is 7.80. The van der Waals surface area contributed by atoms with Gasteiger partial charge < -0.3 is 19.3 Å². The minimum atomic E-state index is -0.197. The lowest BCUT2D eigenvalue weighted by Gasteiger charge is -2.31. The molecule has 0 aliphatic carbocycles. The van der Waals surface area contributed by atoms with E-state index in [2.05, 4.69) is 4.90 Å². The van der Waals surface area contributed by atoms with Crippen LogP contribution in [-0.2, 0) is 17.8 Å². The quantitative estimate of drug-likeness (QED) is 0.714. The van der Waals surface area contributed by atoms with Crippen LogP contribution in [0.1, 0.15) is 17.5 Å². The Kier molecular flexibility index (Phi) is 5.15. The number of amides is 1. The molecule has 2 aliphatic rings. The number of nitrogens with zero attached hydrogens (tertiary/aromatic N) is 3. The molecule has 7 heteroatoms. The Morgan fingerprint density at radius 2 is 1.84 bits per heavy atom. The van der Waals surface area contributed by atoms with Gasteiger partial charge in [-0.3, -0.25) is 9.69 Å². The zero-order valence-corrected chi connectivity index (χ0v) is 16.1. The minimum absolute atomic E-state index is 0.115. The smallest absolute Gasteiger partial charge is 0.251 e. The van der Waals surface area contributed by atoms with Gasteiger partial charge in [0.05, 0.1) is 14.2 Å². The predicted octanol–water partition coefficient (Wildman–Crippen LogP) is 1.51. The van der Waals surface area contributed by atoms with E-state index in [0.29, 0.717) is 36.1 Å². The van der Waals surface area contributed by atoms with Gasteiger partial charge >= 0.3 is 0 Å². The van der Waals surface area contributed by atoms with E-state index >= 15 is 0 Å². The van der Waals surface area contributed by atoms with E-state index in [-0.39, 0.29) is 11.9 Å². The average molecular weight is 363 g/mol. The highest BCUT2D eigenvalue weighted by Crippen LogP contribution is 2.37. The lowest BCUT2D eigenvalue weighted by atomic mass is 9.94. The third kappa shape index (κ3) is 3.30. The van der Waals surface area contributed by atoms with Gasteiger partial charge in [0.15, 0.2) is 16.6 Å². The van der Waals surface area contributed by atoms with Crippen LogP contribution in [0.2, 0.25) is 0 Å². The molecule has 3 rings (SSSR count). The first-order chi connectivity index (χ1) is 12.0.